The Morgan fingerprint density at radius 2 is 1.96 bits per heavy atom. The molecule has 0 spiro atoms. The minimum Gasteiger partial charge on any atom is -0.348 e. The summed E-state index contributed by atoms with van der Waals surface area (Å²) in [6.45, 7) is 10.3. The second kappa shape index (κ2) is 6.49. The zero-order valence-corrected chi connectivity index (χ0v) is 15.2. The number of carbonyl (C=O) groups is 1. The van der Waals surface area contributed by atoms with E-state index in [4.69, 9.17) is 9.47 Å². The highest BCUT2D eigenvalue weighted by molar-refractivity contribution is 7.14. The van der Waals surface area contributed by atoms with Crippen LogP contribution in [0, 0.1) is 6.92 Å². The molecule has 1 aromatic heterocycles. The topological polar surface area (TPSA) is 51.7 Å². The SMILES string of the molecule is Cc1nc(C(C)(C)C)sc1C(=O)N1CCCCC1C1OCCO1. The largest absolute Gasteiger partial charge is 0.348 e. The van der Waals surface area contributed by atoms with E-state index in [1.807, 2.05) is 11.8 Å². The van der Waals surface area contributed by atoms with Crippen LogP contribution < -0.4 is 0 Å². The lowest BCUT2D eigenvalue weighted by atomic mass is 9.98. The second-order valence-corrected chi connectivity index (χ2v) is 8.35. The Morgan fingerprint density at radius 3 is 2.57 bits per heavy atom. The zero-order valence-electron chi connectivity index (χ0n) is 14.4. The highest BCUT2D eigenvalue weighted by Gasteiger charge is 2.38. The molecule has 1 atom stereocenters. The third kappa shape index (κ3) is 3.44. The molecule has 5 nitrogen and oxygen atoms in total. The summed E-state index contributed by atoms with van der Waals surface area (Å²) < 4.78 is 11.3. The molecule has 0 saturated carbocycles. The summed E-state index contributed by atoms with van der Waals surface area (Å²) in [7, 11) is 0. The summed E-state index contributed by atoms with van der Waals surface area (Å²) in [6.07, 6.45) is 2.83. The number of aromatic nitrogens is 1. The fourth-order valence-electron chi connectivity index (χ4n) is 3.14. The maximum atomic E-state index is 13.1. The quantitative estimate of drug-likeness (QED) is 0.831. The number of ether oxygens (including phenoxy) is 2. The maximum Gasteiger partial charge on any atom is 0.266 e. The van der Waals surface area contributed by atoms with Crippen LogP contribution in [0.5, 0.6) is 0 Å². The van der Waals surface area contributed by atoms with Gasteiger partial charge in [0, 0.05) is 12.0 Å². The van der Waals surface area contributed by atoms with Gasteiger partial charge >= 0.3 is 0 Å². The van der Waals surface area contributed by atoms with E-state index in [0.29, 0.717) is 13.2 Å². The molecule has 2 fully saturated rings. The van der Waals surface area contributed by atoms with Gasteiger partial charge in [-0.25, -0.2) is 4.98 Å². The van der Waals surface area contributed by atoms with Crippen molar-refractivity contribution in [2.75, 3.05) is 19.8 Å². The smallest absolute Gasteiger partial charge is 0.266 e. The molecule has 2 saturated heterocycles. The van der Waals surface area contributed by atoms with Crippen molar-refractivity contribution in [1.82, 2.24) is 9.88 Å². The summed E-state index contributed by atoms with van der Waals surface area (Å²) in [5, 5.41) is 1.01. The number of likely N-dealkylation sites (tertiary alicyclic amines) is 1. The third-order valence-corrected chi connectivity index (χ3v) is 5.98. The molecule has 0 N–H and O–H groups in total. The van der Waals surface area contributed by atoms with E-state index in [1.165, 1.54) is 11.3 Å². The first-order valence-electron chi connectivity index (χ1n) is 8.40. The van der Waals surface area contributed by atoms with Crippen LogP contribution in [0.2, 0.25) is 0 Å². The van der Waals surface area contributed by atoms with Crippen molar-refractivity contribution in [3.8, 4) is 0 Å². The van der Waals surface area contributed by atoms with Gasteiger partial charge in [-0.1, -0.05) is 20.8 Å². The lowest BCUT2D eigenvalue weighted by Crippen LogP contribution is -2.50. The number of thiazole rings is 1. The van der Waals surface area contributed by atoms with Gasteiger partial charge in [-0.05, 0) is 26.2 Å². The molecule has 0 aromatic carbocycles. The van der Waals surface area contributed by atoms with Gasteiger partial charge < -0.3 is 14.4 Å². The van der Waals surface area contributed by atoms with Crippen LogP contribution in [0.3, 0.4) is 0 Å². The van der Waals surface area contributed by atoms with E-state index in [-0.39, 0.29) is 23.7 Å². The summed E-state index contributed by atoms with van der Waals surface area (Å²) in [4.78, 5) is 20.5. The number of rotatable bonds is 2. The highest BCUT2D eigenvalue weighted by Crippen LogP contribution is 2.32. The van der Waals surface area contributed by atoms with Gasteiger partial charge in [0.1, 0.15) is 4.88 Å². The Labute approximate surface area is 142 Å². The average molecular weight is 338 g/mol. The number of piperidine rings is 1. The van der Waals surface area contributed by atoms with Crippen molar-refractivity contribution in [2.45, 2.75) is 64.7 Å². The molecule has 23 heavy (non-hydrogen) atoms. The van der Waals surface area contributed by atoms with E-state index >= 15 is 0 Å². The predicted octanol–water partition coefficient (Wildman–Crippen LogP) is 3.12. The molecule has 3 heterocycles. The standard InChI is InChI=1S/C17H26N2O3S/c1-11-13(23-16(18-11)17(2,3)4)14(20)19-8-6-5-7-12(19)15-21-9-10-22-15/h12,15H,5-10H2,1-4H3. The zero-order chi connectivity index (χ0) is 16.6. The summed E-state index contributed by atoms with van der Waals surface area (Å²) >= 11 is 1.53. The van der Waals surface area contributed by atoms with Gasteiger partial charge in [0.15, 0.2) is 6.29 Å². The van der Waals surface area contributed by atoms with Crippen molar-refractivity contribution in [2.24, 2.45) is 0 Å². The van der Waals surface area contributed by atoms with Crippen LogP contribution in [0.25, 0.3) is 0 Å². The molecule has 2 aliphatic rings. The van der Waals surface area contributed by atoms with E-state index < -0.39 is 0 Å². The average Bonchev–Trinajstić information content (AvgIpc) is 3.15. The van der Waals surface area contributed by atoms with Crippen LogP contribution in [0.15, 0.2) is 0 Å². The maximum absolute atomic E-state index is 13.1. The number of carbonyl (C=O) groups excluding carboxylic acids is 1. The Kier molecular flexibility index (Phi) is 4.76. The number of hydrogen-bond acceptors (Lipinski definition) is 5. The van der Waals surface area contributed by atoms with Crippen LogP contribution in [-0.4, -0.2) is 47.9 Å². The molecule has 0 radical (unpaired) electrons. The molecule has 3 rings (SSSR count). The predicted molar refractivity (Wildman–Crippen MR) is 89.9 cm³/mol. The van der Waals surface area contributed by atoms with Crippen LogP contribution in [-0.2, 0) is 14.9 Å². The van der Waals surface area contributed by atoms with Crippen molar-refractivity contribution in [1.29, 1.82) is 0 Å². The fourth-order valence-corrected chi connectivity index (χ4v) is 4.22. The Morgan fingerprint density at radius 1 is 1.26 bits per heavy atom. The Hall–Kier alpha value is -0.980. The first-order valence-corrected chi connectivity index (χ1v) is 9.21. The molecule has 1 amide bonds. The summed E-state index contributed by atoms with van der Waals surface area (Å²) in [6, 6.07) is 0.0262. The van der Waals surface area contributed by atoms with Gasteiger partial charge in [-0.2, -0.15) is 0 Å². The summed E-state index contributed by atoms with van der Waals surface area (Å²) in [5.74, 6) is 0.0827. The highest BCUT2D eigenvalue weighted by atomic mass is 32.1. The Balaban J connectivity index is 1.84. The summed E-state index contributed by atoms with van der Waals surface area (Å²) in [5.41, 5.74) is 0.801. The van der Waals surface area contributed by atoms with Gasteiger partial charge in [0.05, 0.1) is 30.0 Å². The number of hydrogen-bond donors (Lipinski definition) is 0. The van der Waals surface area contributed by atoms with Gasteiger partial charge in [0.25, 0.3) is 5.91 Å². The van der Waals surface area contributed by atoms with Gasteiger partial charge in [0.2, 0.25) is 0 Å². The van der Waals surface area contributed by atoms with Crippen LogP contribution in [0.1, 0.15) is 60.4 Å². The number of nitrogens with zero attached hydrogens (tertiary/aromatic N) is 2. The molecular weight excluding hydrogens is 312 g/mol. The van der Waals surface area contributed by atoms with Crippen molar-refractivity contribution < 1.29 is 14.3 Å². The minimum atomic E-state index is -0.269. The van der Waals surface area contributed by atoms with Crippen molar-refractivity contribution in [3.63, 3.8) is 0 Å². The monoisotopic (exact) mass is 338 g/mol. The van der Waals surface area contributed by atoms with Crippen molar-refractivity contribution in [3.05, 3.63) is 15.6 Å². The lowest BCUT2D eigenvalue weighted by Gasteiger charge is -2.37. The molecule has 1 unspecified atom stereocenters. The number of amides is 1. The fraction of sp³-hybridized carbons (Fsp3) is 0.765. The molecule has 6 heteroatoms. The first-order chi connectivity index (χ1) is 10.9. The van der Waals surface area contributed by atoms with Gasteiger partial charge in [-0.3, -0.25) is 4.79 Å². The molecule has 0 bridgehead atoms. The molecule has 1 aromatic rings. The minimum absolute atomic E-state index is 0.0262. The van der Waals surface area contributed by atoms with E-state index in [9.17, 15) is 4.79 Å². The normalized spacial score (nSPS) is 23.5. The van der Waals surface area contributed by atoms with Gasteiger partial charge in [-0.15, -0.1) is 11.3 Å². The van der Waals surface area contributed by atoms with E-state index in [1.54, 1.807) is 0 Å². The van der Waals surface area contributed by atoms with Crippen molar-refractivity contribution >= 4 is 17.2 Å². The molecular formula is C17H26N2O3S. The Bertz CT molecular complexity index is 573. The molecule has 0 aliphatic carbocycles. The third-order valence-electron chi connectivity index (χ3n) is 4.40. The first kappa shape index (κ1) is 16.9. The second-order valence-electron chi connectivity index (χ2n) is 7.36. The molecule has 128 valence electrons. The van der Waals surface area contributed by atoms with E-state index in [2.05, 4.69) is 25.8 Å². The van der Waals surface area contributed by atoms with Crippen LogP contribution in [0.4, 0.5) is 0 Å². The van der Waals surface area contributed by atoms with Crippen LogP contribution >= 0.6 is 11.3 Å². The number of aryl methyl sites for hydroxylation is 1. The molecule has 2 aliphatic heterocycles. The van der Waals surface area contributed by atoms with E-state index in [0.717, 1.165) is 41.4 Å². The lowest BCUT2D eigenvalue weighted by molar-refractivity contribution is -0.100.